The molecule has 1 aromatic rings. The van der Waals surface area contributed by atoms with Gasteiger partial charge in [0, 0.05) is 10.6 Å². The highest BCUT2D eigenvalue weighted by molar-refractivity contribution is 6.30. The number of carbonyl (C=O) groups excluding carboxylic acids is 1. The van der Waals surface area contributed by atoms with Crippen molar-refractivity contribution >= 4 is 17.5 Å². The van der Waals surface area contributed by atoms with Crippen molar-refractivity contribution in [3.8, 4) is 0 Å². The number of amides is 1. The van der Waals surface area contributed by atoms with Gasteiger partial charge in [0.25, 0.3) is 5.91 Å². The molecular formula is C17H18ClN2O2-. The molecule has 0 aliphatic heterocycles. The van der Waals surface area contributed by atoms with Crippen LogP contribution in [0.1, 0.15) is 31.1 Å². The third-order valence-electron chi connectivity index (χ3n) is 3.10. The zero-order chi connectivity index (χ0) is 16.3. The van der Waals surface area contributed by atoms with Crippen LogP contribution in [0.3, 0.4) is 0 Å². The second-order valence-electron chi connectivity index (χ2n) is 5.93. The van der Waals surface area contributed by atoms with Gasteiger partial charge in [0.2, 0.25) is 0 Å². The van der Waals surface area contributed by atoms with Gasteiger partial charge in [-0.3, -0.25) is 15.2 Å². The first-order valence-electron chi connectivity index (χ1n) is 6.92. The highest BCUT2D eigenvalue weighted by Crippen LogP contribution is 2.20. The largest absolute Gasteiger partial charge is 0.858 e. The number of nitrogens with one attached hydrogen (secondary N) is 1. The zero-order valence-corrected chi connectivity index (χ0v) is 13.5. The summed E-state index contributed by atoms with van der Waals surface area (Å²) in [6.45, 7) is 5.57. The Balaban J connectivity index is 2.26. The van der Waals surface area contributed by atoms with Gasteiger partial charge in [0.15, 0.2) is 0 Å². The van der Waals surface area contributed by atoms with E-state index in [1.165, 1.54) is 5.01 Å². The van der Waals surface area contributed by atoms with Crippen LogP contribution in [0.5, 0.6) is 0 Å². The number of hydrazine groups is 1. The molecule has 2 rings (SSSR count). The SMILES string of the molecule is CC(C)(C)N(NC(=O)c1ccc(Cl)cc1)C([O-])=C1C=CC=C1. The second-order valence-corrected chi connectivity index (χ2v) is 6.37. The first-order chi connectivity index (χ1) is 10.3. The standard InChI is InChI=1S/C17H19ClN2O2/c1-17(2,3)20(16(22)13-6-4-5-7-13)19-15(21)12-8-10-14(18)11-9-12/h4-11,22H,1-3H3,(H,19,21)/p-1. The van der Waals surface area contributed by atoms with Gasteiger partial charge in [-0.2, -0.15) is 0 Å². The van der Waals surface area contributed by atoms with Crippen LogP contribution >= 0.6 is 11.6 Å². The molecule has 0 aromatic heterocycles. The van der Waals surface area contributed by atoms with Gasteiger partial charge in [0.1, 0.15) is 0 Å². The molecule has 1 amide bonds. The molecular weight excluding hydrogens is 300 g/mol. The highest BCUT2D eigenvalue weighted by Gasteiger charge is 2.23. The average Bonchev–Trinajstić information content (AvgIpc) is 2.97. The van der Waals surface area contributed by atoms with E-state index in [0.29, 0.717) is 16.2 Å². The lowest BCUT2D eigenvalue weighted by molar-refractivity contribution is -0.344. The summed E-state index contributed by atoms with van der Waals surface area (Å²) in [5.74, 6) is -0.605. The van der Waals surface area contributed by atoms with E-state index >= 15 is 0 Å². The summed E-state index contributed by atoms with van der Waals surface area (Å²) in [7, 11) is 0. The summed E-state index contributed by atoms with van der Waals surface area (Å²) >= 11 is 5.82. The van der Waals surface area contributed by atoms with Crippen molar-refractivity contribution in [2.75, 3.05) is 0 Å². The van der Waals surface area contributed by atoms with E-state index < -0.39 is 5.54 Å². The Morgan fingerprint density at radius 2 is 1.68 bits per heavy atom. The Hall–Kier alpha value is -2.20. The van der Waals surface area contributed by atoms with Crippen LogP contribution in [0.25, 0.3) is 0 Å². The minimum Gasteiger partial charge on any atom is -0.858 e. The fraction of sp³-hybridized carbons (Fsp3) is 0.235. The molecule has 116 valence electrons. The van der Waals surface area contributed by atoms with Crippen LogP contribution in [0.2, 0.25) is 5.02 Å². The van der Waals surface area contributed by atoms with Crippen LogP contribution in [0.15, 0.2) is 60.0 Å². The third-order valence-corrected chi connectivity index (χ3v) is 3.36. The Labute approximate surface area is 135 Å². The summed E-state index contributed by atoms with van der Waals surface area (Å²) in [5, 5.41) is 14.5. The lowest BCUT2D eigenvalue weighted by atomic mass is 10.1. The smallest absolute Gasteiger partial charge is 0.269 e. The number of hydrogen-bond acceptors (Lipinski definition) is 3. The van der Waals surface area contributed by atoms with E-state index in [2.05, 4.69) is 5.43 Å². The molecule has 1 aromatic carbocycles. The van der Waals surface area contributed by atoms with Crippen molar-refractivity contribution < 1.29 is 9.90 Å². The fourth-order valence-corrected chi connectivity index (χ4v) is 2.06. The third kappa shape index (κ3) is 3.71. The predicted octanol–water partition coefficient (Wildman–Crippen LogP) is 2.78. The number of benzene rings is 1. The van der Waals surface area contributed by atoms with E-state index in [-0.39, 0.29) is 11.8 Å². The van der Waals surface area contributed by atoms with Crippen LogP contribution in [-0.2, 0) is 0 Å². The maximum absolute atomic E-state index is 12.6. The number of allylic oxidation sites excluding steroid dienone is 5. The first kappa shape index (κ1) is 16.2. The molecule has 0 heterocycles. The van der Waals surface area contributed by atoms with Crippen molar-refractivity contribution in [2.45, 2.75) is 26.3 Å². The Kier molecular flexibility index (Phi) is 4.62. The highest BCUT2D eigenvalue weighted by atomic mass is 35.5. The minimum absolute atomic E-state index is 0.250. The fourth-order valence-electron chi connectivity index (χ4n) is 1.94. The quantitative estimate of drug-likeness (QED) is 0.689. The van der Waals surface area contributed by atoms with Crippen molar-refractivity contribution in [1.82, 2.24) is 10.4 Å². The number of nitrogens with zero attached hydrogens (tertiary/aromatic N) is 1. The van der Waals surface area contributed by atoms with Gasteiger partial charge in [-0.05, 0) is 56.5 Å². The molecule has 1 aliphatic carbocycles. The predicted molar refractivity (Wildman–Crippen MR) is 85.8 cm³/mol. The maximum Gasteiger partial charge on any atom is 0.269 e. The summed E-state index contributed by atoms with van der Waals surface area (Å²) in [6.07, 6.45) is 7.01. The average molecular weight is 318 g/mol. The monoisotopic (exact) mass is 317 g/mol. The molecule has 0 saturated carbocycles. The molecule has 0 atom stereocenters. The lowest BCUT2D eigenvalue weighted by Crippen LogP contribution is -2.54. The van der Waals surface area contributed by atoms with Gasteiger partial charge in [-0.1, -0.05) is 35.9 Å². The minimum atomic E-state index is -0.559. The van der Waals surface area contributed by atoms with Gasteiger partial charge in [0.05, 0.1) is 5.54 Å². The zero-order valence-electron chi connectivity index (χ0n) is 12.8. The molecule has 1 N–H and O–H groups in total. The van der Waals surface area contributed by atoms with E-state index in [9.17, 15) is 9.90 Å². The van der Waals surface area contributed by atoms with E-state index in [0.717, 1.165) is 0 Å². The van der Waals surface area contributed by atoms with Crippen molar-refractivity contribution in [2.24, 2.45) is 0 Å². The van der Waals surface area contributed by atoms with Crippen LogP contribution in [0, 0.1) is 0 Å². The van der Waals surface area contributed by atoms with E-state index in [4.69, 9.17) is 11.6 Å². The van der Waals surface area contributed by atoms with Crippen LogP contribution in [0.4, 0.5) is 0 Å². The molecule has 1 aliphatic rings. The second kappa shape index (κ2) is 6.28. The molecule has 0 radical (unpaired) electrons. The number of halogens is 1. The maximum atomic E-state index is 12.6. The molecule has 22 heavy (non-hydrogen) atoms. The number of hydrogen-bond donors (Lipinski definition) is 1. The van der Waals surface area contributed by atoms with Gasteiger partial charge >= 0.3 is 0 Å². The summed E-state index contributed by atoms with van der Waals surface area (Å²) in [5.41, 5.74) is 3.10. The lowest BCUT2D eigenvalue weighted by Gasteiger charge is -2.42. The van der Waals surface area contributed by atoms with E-state index in [1.807, 2.05) is 20.8 Å². The van der Waals surface area contributed by atoms with Crippen molar-refractivity contribution in [3.05, 3.63) is 70.6 Å². The van der Waals surface area contributed by atoms with Crippen LogP contribution < -0.4 is 10.5 Å². The van der Waals surface area contributed by atoms with Gasteiger partial charge < -0.3 is 5.11 Å². The van der Waals surface area contributed by atoms with Gasteiger partial charge in [-0.25, -0.2) is 0 Å². The summed E-state index contributed by atoms with van der Waals surface area (Å²) < 4.78 is 0. The van der Waals surface area contributed by atoms with Crippen molar-refractivity contribution in [3.63, 3.8) is 0 Å². The Bertz CT molecular complexity index is 638. The molecule has 0 bridgehead atoms. The van der Waals surface area contributed by atoms with Crippen molar-refractivity contribution in [1.29, 1.82) is 0 Å². The summed E-state index contributed by atoms with van der Waals surface area (Å²) in [6, 6.07) is 6.50. The topological polar surface area (TPSA) is 55.4 Å². The molecule has 0 unspecified atom stereocenters. The molecule has 0 fully saturated rings. The van der Waals surface area contributed by atoms with Gasteiger partial charge in [-0.15, -0.1) is 0 Å². The molecule has 4 nitrogen and oxygen atoms in total. The first-order valence-corrected chi connectivity index (χ1v) is 7.29. The Morgan fingerprint density at radius 1 is 1.14 bits per heavy atom. The molecule has 5 heteroatoms. The molecule has 0 saturated heterocycles. The summed E-state index contributed by atoms with van der Waals surface area (Å²) in [4.78, 5) is 12.3. The normalized spacial score (nSPS) is 13.4. The number of rotatable bonds is 3. The Morgan fingerprint density at radius 3 is 2.18 bits per heavy atom. The van der Waals surface area contributed by atoms with Crippen LogP contribution in [-0.4, -0.2) is 16.5 Å². The molecule has 0 spiro atoms. The number of carbonyl (C=O) groups is 1. The van der Waals surface area contributed by atoms with E-state index in [1.54, 1.807) is 48.6 Å².